The number of benzene rings is 1. The van der Waals surface area contributed by atoms with Gasteiger partial charge in [-0.05, 0) is 35.5 Å². The van der Waals surface area contributed by atoms with Gasteiger partial charge in [0.05, 0.1) is 0 Å². The zero-order valence-corrected chi connectivity index (χ0v) is 13.6. The molecular formula is C19H27NO. The molecule has 0 atom stereocenters. The molecule has 0 spiro atoms. The van der Waals surface area contributed by atoms with Gasteiger partial charge in [-0.3, -0.25) is 4.79 Å². The summed E-state index contributed by atoms with van der Waals surface area (Å²) in [5.74, 6) is 0.150. The van der Waals surface area contributed by atoms with Crippen molar-refractivity contribution in [2.24, 2.45) is 0 Å². The van der Waals surface area contributed by atoms with Crippen LogP contribution in [0, 0.1) is 0 Å². The summed E-state index contributed by atoms with van der Waals surface area (Å²) in [4.78, 5) is 14.2. The Morgan fingerprint density at radius 2 is 1.57 bits per heavy atom. The van der Waals surface area contributed by atoms with E-state index in [2.05, 4.69) is 45.0 Å². The summed E-state index contributed by atoms with van der Waals surface area (Å²) < 4.78 is 0. The van der Waals surface area contributed by atoms with Crippen LogP contribution in [0.5, 0.6) is 0 Å². The molecule has 0 unspecified atom stereocenters. The van der Waals surface area contributed by atoms with Crippen LogP contribution in [0.1, 0.15) is 57.6 Å². The Labute approximate surface area is 128 Å². The van der Waals surface area contributed by atoms with E-state index in [-0.39, 0.29) is 11.3 Å². The van der Waals surface area contributed by atoms with Crippen LogP contribution in [0.25, 0.3) is 6.08 Å². The molecule has 1 fully saturated rings. The third-order valence-electron chi connectivity index (χ3n) is 4.11. The summed E-state index contributed by atoms with van der Waals surface area (Å²) in [5.41, 5.74) is 2.58. The number of hydrogen-bond acceptors (Lipinski definition) is 1. The van der Waals surface area contributed by atoms with Crippen LogP contribution in [0.3, 0.4) is 0 Å². The zero-order chi connectivity index (χ0) is 15.3. The van der Waals surface area contributed by atoms with E-state index in [0.29, 0.717) is 0 Å². The second kappa shape index (κ2) is 6.93. The topological polar surface area (TPSA) is 20.3 Å². The lowest BCUT2D eigenvalue weighted by molar-refractivity contribution is -0.125. The van der Waals surface area contributed by atoms with E-state index in [1.165, 1.54) is 18.4 Å². The van der Waals surface area contributed by atoms with Crippen LogP contribution < -0.4 is 0 Å². The highest BCUT2D eigenvalue weighted by atomic mass is 16.2. The average Bonchev–Trinajstić information content (AvgIpc) is 2.73. The Hall–Kier alpha value is -1.57. The van der Waals surface area contributed by atoms with E-state index in [9.17, 15) is 4.79 Å². The highest BCUT2D eigenvalue weighted by molar-refractivity contribution is 5.91. The smallest absolute Gasteiger partial charge is 0.246 e. The minimum atomic E-state index is 0.150. The van der Waals surface area contributed by atoms with Crippen LogP contribution in [0.4, 0.5) is 0 Å². The minimum absolute atomic E-state index is 0.150. The molecule has 2 nitrogen and oxygen atoms in total. The van der Waals surface area contributed by atoms with Crippen molar-refractivity contribution >= 4 is 12.0 Å². The molecule has 1 heterocycles. The van der Waals surface area contributed by atoms with E-state index in [4.69, 9.17) is 0 Å². The van der Waals surface area contributed by atoms with Crippen molar-refractivity contribution in [1.82, 2.24) is 4.90 Å². The maximum absolute atomic E-state index is 12.2. The van der Waals surface area contributed by atoms with Crippen molar-refractivity contribution in [1.29, 1.82) is 0 Å². The highest BCUT2D eigenvalue weighted by Crippen LogP contribution is 2.22. The van der Waals surface area contributed by atoms with Gasteiger partial charge in [0.1, 0.15) is 0 Å². The molecule has 21 heavy (non-hydrogen) atoms. The Kier molecular flexibility index (Phi) is 5.22. The standard InChI is InChI=1S/C19H27NO/c1-19(2,3)17-11-8-16(9-12-17)10-13-18(21)20-14-6-4-5-7-15-20/h8-13H,4-7,14-15H2,1-3H3. The molecule has 0 radical (unpaired) electrons. The first-order chi connectivity index (χ1) is 9.97. The van der Waals surface area contributed by atoms with Gasteiger partial charge < -0.3 is 4.90 Å². The predicted molar refractivity (Wildman–Crippen MR) is 89.2 cm³/mol. The predicted octanol–water partition coefficient (Wildman–Crippen LogP) is 4.40. The number of likely N-dealkylation sites (tertiary alicyclic amines) is 1. The molecule has 0 N–H and O–H groups in total. The molecular weight excluding hydrogens is 258 g/mol. The Balaban J connectivity index is 1.98. The lowest BCUT2D eigenvalue weighted by Crippen LogP contribution is -2.30. The second-order valence-corrected chi connectivity index (χ2v) is 6.94. The number of carbonyl (C=O) groups is 1. The first-order valence-corrected chi connectivity index (χ1v) is 8.04. The Morgan fingerprint density at radius 3 is 2.10 bits per heavy atom. The number of carbonyl (C=O) groups excluding carboxylic acids is 1. The SMILES string of the molecule is CC(C)(C)c1ccc(C=CC(=O)N2CCCCCC2)cc1. The molecule has 1 aliphatic rings. The number of hydrogen-bond donors (Lipinski definition) is 0. The van der Waals surface area contributed by atoms with Gasteiger partial charge in [-0.2, -0.15) is 0 Å². The fourth-order valence-corrected chi connectivity index (χ4v) is 2.66. The quantitative estimate of drug-likeness (QED) is 0.738. The van der Waals surface area contributed by atoms with E-state index in [0.717, 1.165) is 31.5 Å². The normalized spacial score (nSPS) is 17.0. The maximum Gasteiger partial charge on any atom is 0.246 e. The number of nitrogens with zero attached hydrogens (tertiary/aromatic N) is 1. The molecule has 2 rings (SSSR count). The molecule has 2 heteroatoms. The minimum Gasteiger partial charge on any atom is -0.339 e. The van der Waals surface area contributed by atoms with E-state index in [1.54, 1.807) is 6.08 Å². The van der Waals surface area contributed by atoms with Crippen molar-refractivity contribution in [2.75, 3.05) is 13.1 Å². The van der Waals surface area contributed by atoms with Crippen LogP contribution >= 0.6 is 0 Å². The van der Waals surface area contributed by atoms with Gasteiger partial charge in [0.2, 0.25) is 5.91 Å². The Bertz CT molecular complexity index is 485. The maximum atomic E-state index is 12.2. The monoisotopic (exact) mass is 285 g/mol. The molecule has 1 amide bonds. The molecule has 1 aliphatic heterocycles. The van der Waals surface area contributed by atoms with Crippen molar-refractivity contribution in [3.8, 4) is 0 Å². The van der Waals surface area contributed by atoms with Crippen LogP contribution in [0.15, 0.2) is 30.3 Å². The summed E-state index contributed by atoms with van der Waals surface area (Å²) in [5, 5.41) is 0. The zero-order valence-electron chi connectivity index (χ0n) is 13.6. The molecule has 0 bridgehead atoms. The van der Waals surface area contributed by atoms with Crippen molar-refractivity contribution in [2.45, 2.75) is 51.9 Å². The van der Waals surface area contributed by atoms with Gasteiger partial charge >= 0.3 is 0 Å². The fourth-order valence-electron chi connectivity index (χ4n) is 2.66. The van der Waals surface area contributed by atoms with Gasteiger partial charge in [-0.1, -0.05) is 57.9 Å². The van der Waals surface area contributed by atoms with Crippen molar-refractivity contribution in [3.63, 3.8) is 0 Å². The fraction of sp³-hybridized carbons (Fsp3) is 0.526. The molecule has 0 saturated carbocycles. The summed E-state index contributed by atoms with van der Waals surface area (Å²) in [6.45, 7) is 8.44. The summed E-state index contributed by atoms with van der Waals surface area (Å²) in [6.07, 6.45) is 8.43. The van der Waals surface area contributed by atoms with Crippen molar-refractivity contribution in [3.05, 3.63) is 41.5 Å². The summed E-state index contributed by atoms with van der Waals surface area (Å²) >= 11 is 0. The third kappa shape index (κ3) is 4.73. The molecule has 114 valence electrons. The van der Waals surface area contributed by atoms with Gasteiger partial charge in [-0.25, -0.2) is 0 Å². The van der Waals surface area contributed by atoms with Gasteiger partial charge in [0, 0.05) is 19.2 Å². The van der Waals surface area contributed by atoms with Crippen LogP contribution in [-0.4, -0.2) is 23.9 Å². The van der Waals surface area contributed by atoms with E-state index in [1.807, 2.05) is 11.0 Å². The first kappa shape index (κ1) is 15.8. The van der Waals surface area contributed by atoms with E-state index >= 15 is 0 Å². The summed E-state index contributed by atoms with van der Waals surface area (Å²) in [6, 6.07) is 8.48. The van der Waals surface area contributed by atoms with Gasteiger partial charge in [-0.15, -0.1) is 0 Å². The average molecular weight is 285 g/mol. The van der Waals surface area contributed by atoms with E-state index < -0.39 is 0 Å². The molecule has 0 aliphatic carbocycles. The Morgan fingerprint density at radius 1 is 1.00 bits per heavy atom. The third-order valence-corrected chi connectivity index (χ3v) is 4.11. The second-order valence-electron chi connectivity index (χ2n) is 6.94. The number of rotatable bonds is 2. The molecule has 1 aromatic carbocycles. The highest BCUT2D eigenvalue weighted by Gasteiger charge is 2.13. The van der Waals surface area contributed by atoms with Crippen LogP contribution in [-0.2, 0) is 10.2 Å². The van der Waals surface area contributed by atoms with Gasteiger partial charge in [0.25, 0.3) is 0 Å². The van der Waals surface area contributed by atoms with Crippen molar-refractivity contribution < 1.29 is 4.79 Å². The summed E-state index contributed by atoms with van der Waals surface area (Å²) in [7, 11) is 0. The van der Waals surface area contributed by atoms with Crippen LogP contribution in [0.2, 0.25) is 0 Å². The lowest BCUT2D eigenvalue weighted by Gasteiger charge is -2.19. The first-order valence-electron chi connectivity index (χ1n) is 8.04. The molecule has 0 aromatic heterocycles. The largest absolute Gasteiger partial charge is 0.339 e. The number of amides is 1. The molecule has 1 saturated heterocycles. The molecule has 1 aromatic rings. The van der Waals surface area contributed by atoms with Gasteiger partial charge in [0.15, 0.2) is 0 Å². The lowest BCUT2D eigenvalue weighted by atomic mass is 9.87.